The molecule has 1 aliphatic rings. The number of nitrogens with zero attached hydrogens (tertiary/aromatic N) is 2. The zero-order valence-electron chi connectivity index (χ0n) is 11.7. The first-order chi connectivity index (χ1) is 8.47. The van der Waals surface area contributed by atoms with E-state index in [9.17, 15) is 0 Å². The highest BCUT2D eigenvalue weighted by molar-refractivity contribution is 5.55. The van der Waals surface area contributed by atoms with Crippen molar-refractivity contribution in [3.05, 3.63) is 12.1 Å². The van der Waals surface area contributed by atoms with Gasteiger partial charge < -0.3 is 15.4 Å². The number of ether oxygens (including phenoxy) is 1. The summed E-state index contributed by atoms with van der Waals surface area (Å²) in [5, 5.41) is 0. The summed E-state index contributed by atoms with van der Waals surface area (Å²) in [4.78, 5) is 6.89. The van der Waals surface area contributed by atoms with Crippen molar-refractivity contribution in [3.8, 4) is 5.88 Å². The fourth-order valence-corrected chi connectivity index (χ4v) is 2.54. The van der Waals surface area contributed by atoms with Crippen LogP contribution < -0.4 is 15.4 Å². The van der Waals surface area contributed by atoms with E-state index >= 15 is 0 Å². The number of pyridine rings is 1. The van der Waals surface area contributed by atoms with Gasteiger partial charge in [-0.1, -0.05) is 6.92 Å². The van der Waals surface area contributed by atoms with Crippen LogP contribution in [-0.2, 0) is 0 Å². The first kappa shape index (κ1) is 13.0. The molecule has 1 aromatic heterocycles. The van der Waals surface area contributed by atoms with Crippen molar-refractivity contribution in [1.82, 2.24) is 4.98 Å². The number of aromatic nitrogens is 1. The first-order valence-electron chi connectivity index (χ1n) is 6.67. The van der Waals surface area contributed by atoms with E-state index in [1.807, 2.05) is 26.0 Å². The molecule has 1 saturated heterocycles. The van der Waals surface area contributed by atoms with Crippen LogP contribution in [0.3, 0.4) is 0 Å². The Labute approximate surface area is 109 Å². The monoisotopic (exact) mass is 249 g/mol. The van der Waals surface area contributed by atoms with Crippen molar-refractivity contribution < 1.29 is 4.74 Å². The van der Waals surface area contributed by atoms with E-state index in [4.69, 9.17) is 10.5 Å². The molecule has 18 heavy (non-hydrogen) atoms. The molecule has 0 saturated carbocycles. The normalized spacial score (nSPS) is 23.7. The molecule has 2 rings (SSSR count). The quantitative estimate of drug-likeness (QED) is 0.895. The lowest BCUT2D eigenvalue weighted by molar-refractivity contribution is 0.234. The van der Waals surface area contributed by atoms with Crippen LogP contribution in [0.4, 0.5) is 11.5 Å². The zero-order chi connectivity index (χ0) is 13.3. The summed E-state index contributed by atoms with van der Waals surface area (Å²) in [5.41, 5.74) is 6.50. The Balaban J connectivity index is 2.24. The van der Waals surface area contributed by atoms with Gasteiger partial charge in [0.1, 0.15) is 5.82 Å². The maximum Gasteiger partial charge on any atom is 0.239 e. The summed E-state index contributed by atoms with van der Waals surface area (Å²) in [6.07, 6.45) is 1.30. The fourth-order valence-electron chi connectivity index (χ4n) is 2.54. The second-order valence-electron chi connectivity index (χ2n) is 5.57. The van der Waals surface area contributed by atoms with E-state index in [1.54, 1.807) is 0 Å². The third kappa shape index (κ3) is 2.68. The Morgan fingerprint density at radius 3 is 2.67 bits per heavy atom. The first-order valence-corrected chi connectivity index (χ1v) is 6.67. The van der Waals surface area contributed by atoms with Crippen LogP contribution in [0.1, 0.15) is 34.1 Å². The van der Waals surface area contributed by atoms with Crippen LogP contribution in [0.2, 0.25) is 0 Å². The summed E-state index contributed by atoms with van der Waals surface area (Å²) in [6.45, 7) is 9.53. The van der Waals surface area contributed by atoms with Gasteiger partial charge in [-0.05, 0) is 45.2 Å². The molecule has 0 aliphatic carbocycles. The van der Waals surface area contributed by atoms with Gasteiger partial charge in [0.15, 0.2) is 0 Å². The molecule has 0 amide bonds. The molecule has 100 valence electrons. The topological polar surface area (TPSA) is 51.4 Å². The van der Waals surface area contributed by atoms with Crippen LogP contribution in [0.15, 0.2) is 12.1 Å². The van der Waals surface area contributed by atoms with Crippen LogP contribution in [0.25, 0.3) is 0 Å². The minimum atomic E-state index is 0.0879. The Morgan fingerprint density at radius 2 is 2.11 bits per heavy atom. The van der Waals surface area contributed by atoms with E-state index in [1.165, 1.54) is 6.42 Å². The molecular weight excluding hydrogens is 226 g/mol. The van der Waals surface area contributed by atoms with Gasteiger partial charge in [-0.2, -0.15) is 4.98 Å². The van der Waals surface area contributed by atoms with Gasteiger partial charge in [0, 0.05) is 12.6 Å². The average molecular weight is 249 g/mol. The second kappa shape index (κ2) is 5.04. The minimum Gasteiger partial charge on any atom is -0.473 e. The Bertz CT molecular complexity index is 420. The molecule has 2 heterocycles. The van der Waals surface area contributed by atoms with Gasteiger partial charge in [-0.15, -0.1) is 0 Å². The molecule has 0 spiro atoms. The summed E-state index contributed by atoms with van der Waals surface area (Å²) in [6, 6.07) is 4.40. The lowest BCUT2D eigenvalue weighted by atomic mass is 10.1. The number of nitrogen functional groups attached to an aromatic ring is 1. The Kier molecular flexibility index (Phi) is 3.64. The molecule has 1 aromatic rings. The minimum absolute atomic E-state index is 0.0879. The third-order valence-electron chi connectivity index (χ3n) is 3.30. The number of rotatable bonds is 3. The van der Waals surface area contributed by atoms with Gasteiger partial charge >= 0.3 is 0 Å². The summed E-state index contributed by atoms with van der Waals surface area (Å²) < 4.78 is 5.64. The molecule has 0 aromatic carbocycles. The van der Waals surface area contributed by atoms with E-state index < -0.39 is 0 Å². The van der Waals surface area contributed by atoms with Gasteiger partial charge in [0.05, 0.1) is 11.8 Å². The van der Waals surface area contributed by atoms with Crippen molar-refractivity contribution in [2.75, 3.05) is 17.2 Å². The number of anilines is 2. The van der Waals surface area contributed by atoms with Crippen LogP contribution in [-0.4, -0.2) is 23.7 Å². The molecule has 0 bridgehead atoms. The summed E-state index contributed by atoms with van der Waals surface area (Å²) in [5.74, 6) is 2.24. The standard InChI is InChI=1S/C14H23N3O/c1-9(2)18-14-12(15)5-6-13(16-14)17-8-10(3)7-11(17)4/h5-6,9-11H,7-8,15H2,1-4H3. The molecular formula is C14H23N3O. The van der Waals surface area contributed by atoms with Crippen LogP contribution >= 0.6 is 0 Å². The van der Waals surface area contributed by atoms with Gasteiger partial charge in [0.2, 0.25) is 5.88 Å². The Hall–Kier alpha value is -1.45. The van der Waals surface area contributed by atoms with Crippen LogP contribution in [0.5, 0.6) is 5.88 Å². The molecule has 4 heteroatoms. The van der Waals surface area contributed by atoms with E-state index in [2.05, 4.69) is 23.7 Å². The molecule has 4 nitrogen and oxygen atoms in total. The van der Waals surface area contributed by atoms with Crippen molar-refractivity contribution in [1.29, 1.82) is 0 Å². The zero-order valence-corrected chi connectivity index (χ0v) is 11.7. The highest BCUT2D eigenvalue weighted by Crippen LogP contribution is 2.30. The van der Waals surface area contributed by atoms with E-state index in [0.29, 0.717) is 23.5 Å². The largest absolute Gasteiger partial charge is 0.473 e. The van der Waals surface area contributed by atoms with Crippen molar-refractivity contribution in [2.45, 2.75) is 46.3 Å². The average Bonchev–Trinajstić information content (AvgIpc) is 2.60. The van der Waals surface area contributed by atoms with Crippen LogP contribution in [0, 0.1) is 5.92 Å². The third-order valence-corrected chi connectivity index (χ3v) is 3.30. The van der Waals surface area contributed by atoms with Crippen molar-refractivity contribution in [3.63, 3.8) is 0 Å². The predicted octanol–water partition coefficient (Wildman–Crippen LogP) is 2.69. The van der Waals surface area contributed by atoms with E-state index in [-0.39, 0.29) is 6.10 Å². The summed E-state index contributed by atoms with van der Waals surface area (Å²) in [7, 11) is 0. The molecule has 0 radical (unpaired) electrons. The second-order valence-corrected chi connectivity index (χ2v) is 5.57. The molecule has 2 unspecified atom stereocenters. The van der Waals surface area contributed by atoms with Gasteiger partial charge in [-0.25, -0.2) is 0 Å². The maximum absolute atomic E-state index is 5.89. The fraction of sp³-hybridized carbons (Fsp3) is 0.643. The number of nitrogens with two attached hydrogens (primary N) is 1. The predicted molar refractivity (Wildman–Crippen MR) is 75.0 cm³/mol. The highest BCUT2D eigenvalue weighted by Gasteiger charge is 2.27. The Morgan fingerprint density at radius 1 is 1.39 bits per heavy atom. The maximum atomic E-state index is 5.89. The number of hydrogen-bond acceptors (Lipinski definition) is 4. The van der Waals surface area contributed by atoms with E-state index in [0.717, 1.165) is 12.4 Å². The van der Waals surface area contributed by atoms with Crippen molar-refractivity contribution >= 4 is 11.5 Å². The smallest absolute Gasteiger partial charge is 0.239 e. The van der Waals surface area contributed by atoms with Gasteiger partial charge in [0.25, 0.3) is 0 Å². The summed E-state index contributed by atoms with van der Waals surface area (Å²) >= 11 is 0. The SMILES string of the molecule is CC1CC(C)N(c2ccc(N)c(OC(C)C)n2)C1. The lowest BCUT2D eigenvalue weighted by Gasteiger charge is -2.23. The molecule has 2 atom stereocenters. The van der Waals surface area contributed by atoms with Gasteiger partial charge in [-0.3, -0.25) is 0 Å². The lowest BCUT2D eigenvalue weighted by Crippen LogP contribution is -2.27. The van der Waals surface area contributed by atoms with Crippen molar-refractivity contribution in [2.24, 2.45) is 5.92 Å². The molecule has 1 fully saturated rings. The molecule has 1 aliphatic heterocycles. The highest BCUT2D eigenvalue weighted by atomic mass is 16.5. The number of hydrogen-bond donors (Lipinski definition) is 1. The molecule has 2 N–H and O–H groups in total.